The second-order valence-electron chi connectivity index (χ2n) is 6.19. The number of esters is 1. The molecule has 0 aliphatic carbocycles. The van der Waals surface area contributed by atoms with Crippen molar-refractivity contribution in [1.82, 2.24) is 20.2 Å². The number of methoxy groups -OCH3 is 1. The van der Waals surface area contributed by atoms with Crippen LogP contribution in [0.1, 0.15) is 35.8 Å². The summed E-state index contributed by atoms with van der Waals surface area (Å²) in [7, 11) is 1.30. The zero-order valence-electron chi connectivity index (χ0n) is 14.8. The average Bonchev–Trinajstić information content (AvgIpc) is 3.13. The van der Waals surface area contributed by atoms with Gasteiger partial charge in [0.1, 0.15) is 17.7 Å². The highest BCUT2D eigenvalue weighted by Gasteiger charge is 2.35. The van der Waals surface area contributed by atoms with E-state index in [1.807, 2.05) is 0 Å². The lowest BCUT2D eigenvalue weighted by Crippen LogP contribution is -2.46. The van der Waals surface area contributed by atoms with Crippen LogP contribution in [0, 0.1) is 11.6 Å². The summed E-state index contributed by atoms with van der Waals surface area (Å²) in [4.78, 5) is 32.5. The van der Waals surface area contributed by atoms with Gasteiger partial charge in [-0.25, -0.2) is 18.6 Å². The van der Waals surface area contributed by atoms with Gasteiger partial charge in [0, 0.05) is 43.3 Å². The molecule has 1 aliphatic heterocycles. The molecule has 0 spiro atoms. The number of aromatic nitrogens is 2. The summed E-state index contributed by atoms with van der Waals surface area (Å²) in [5, 5.41) is 2.73. The number of benzene rings is 1. The van der Waals surface area contributed by atoms with Gasteiger partial charge in [0.05, 0.1) is 19.1 Å². The molecule has 3 rings (SSSR count). The van der Waals surface area contributed by atoms with Gasteiger partial charge in [0.2, 0.25) is 0 Å². The van der Waals surface area contributed by atoms with Gasteiger partial charge >= 0.3 is 12.0 Å². The van der Waals surface area contributed by atoms with Crippen molar-refractivity contribution in [3.8, 4) is 0 Å². The van der Waals surface area contributed by atoms with Crippen LogP contribution in [0.25, 0.3) is 0 Å². The SMILES string of the molecule is COC(=O)CCCNC(=O)N1CCc2[nH]cnc2[C@@H]1c1ccc(F)cc1F. The van der Waals surface area contributed by atoms with Crippen LogP contribution in [0.5, 0.6) is 0 Å². The van der Waals surface area contributed by atoms with Gasteiger partial charge in [-0.2, -0.15) is 0 Å². The van der Waals surface area contributed by atoms with E-state index in [4.69, 9.17) is 0 Å². The first-order valence-electron chi connectivity index (χ1n) is 8.59. The van der Waals surface area contributed by atoms with Gasteiger partial charge in [-0.3, -0.25) is 4.79 Å². The molecule has 1 atom stereocenters. The van der Waals surface area contributed by atoms with Crippen molar-refractivity contribution in [2.24, 2.45) is 0 Å². The van der Waals surface area contributed by atoms with Crippen LogP contribution >= 0.6 is 0 Å². The maximum atomic E-state index is 14.4. The Morgan fingerprint density at radius 1 is 1.41 bits per heavy atom. The molecule has 7 nitrogen and oxygen atoms in total. The zero-order valence-corrected chi connectivity index (χ0v) is 14.8. The molecule has 27 heavy (non-hydrogen) atoms. The van der Waals surface area contributed by atoms with E-state index in [9.17, 15) is 18.4 Å². The summed E-state index contributed by atoms with van der Waals surface area (Å²) < 4.78 is 32.3. The van der Waals surface area contributed by atoms with Crippen LogP contribution in [-0.4, -0.2) is 47.1 Å². The van der Waals surface area contributed by atoms with Crippen molar-refractivity contribution >= 4 is 12.0 Å². The third kappa shape index (κ3) is 4.07. The average molecular weight is 378 g/mol. The van der Waals surface area contributed by atoms with Crippen LogP contribution in [-0.2, 0) is 16.0 Å². The van der Waals surface area contributed by atoms with Gasteiger partial charge in [-0.05, 0) is 12.5 Å². The van der Waals surface area contributed by atoms with E-state index >= 15 is 0 Å². The molecule has 144 valence electrons. The quantitative estimate of drug-likeness (QED) is 0.617. The van der Waals surface area contributed by atoms with E-state index < -0.39 is 23.7 Å². The minimum Gasteiger partial charge on any atom is -0.469 e. The van der Waals surface area contributed by atoms with Crippen molar-refractivity contribution in [3.05, 3.63) is 53.1 Å². The summed E-state index contributed by atoms with van der Waals surface area (Å²) in [6, 6.07) is 2.12. The zero-order chi connectivity index (χ0) is 19.4. The first kappa shape index (κ1) is 18.8. The lowest BCUT2D eigenvalue weighted by Gasteiger charge is -2.35. The Balaban J connectivity index is 1.79. The summed E-state index contributed by atoms with van der Waals surface area (Å²) in [6.45, 7) is 0.621. The van der Waals surface area contributed by atoms with Crippen LogP contribution < -0.4 is 5.32 Å². The van der Waals surface area contributed by atoms with E-state index in [1.54, 1.807) is 0 Å². The number of aromatic amines is 1. The molecule has 1 aromatic heterocycles. The van der Waals surface area contributed by atoms with Crippen LogP contribution in [0.3, 0.4) is 0 Å². The first-order valence-corrected chi connectivity index (χ1v) is 8.59. The van der Waals surface area contributed by atoms with Crippen molar-refractivity contribution in [2.45, 2.75) is 25.3 Å². The van der Waals surface area contributed by atoms with Gasteiger partial charge in [-0.1, -0.05) is 6.07 Å². The van der Waals surface area contributed by atoms with Crippen molar-refractivity contribution < 1.29 is 23.1 Å². The number of imidazole rings is 1. The molecular weight excluding hydrogens is 358 g/mol. The molecule has 2 N–H and O–H groups in total. The molecule has 0 bridgehead atoms. The number of halogens is 2. The maximum Gasteiger partial charge on any atom is 0.318 e. The molecule has 0 saturated carbocycles. The summed E-state index contributed by atoms with van der Waals surface area (Å²) in [6.07, 6.45) is 2.66. The fraction of sp³-hybridized carbons (Fsp3) is 0.389. The highest BCUT2D eigenvalue weighted by atomic mass is 19.1. The maximum absolute atomic E-state index is 14.4. The molecule has 9 heteroatoms. The normalized spacial score (nSPS) is 16.0. The Bertz CT molecular complexity index is 840. The number of hydrogen-bond acceptors (Lipinski definition) is 4. The predicted molar refractivity (Wildman–Crippen MR) is 91.8 cm³/mol. The number of nitrogens with zero attached hydrogens (tertiary/aromatic N) is 2. The Morgan fingerprint density at radius 3 is 2.96 bits per heavy atom. The van der Waals surface area contributed by atoms with Gasteiger partial charge in [0.25, 0.3) is 0 Å². The number of rotatable bonds is 5. The molecule has 2 aromatic rings. The summed E-state index contributed by atoms with van der Waals surface area (Å²) >= 11 is 0. The smallest absolute Gasteiger partial charge is 0.318 e. The Kier molecular flexibility index (Phi) is 5.68. The second kappa shape index (κ2) is 8.15. The van der Waals surface area contributed by atoms with E-state index in [1.165, 1.54) is 24.4 Å². The Morgan fingerprint density at radius 2 is 2.22 bits per heavy atom. The lowest BCUT2D eigenvalue weighted by atomic mass is 9.95. The van der Waals surface area contributed by atoms with Gasteiger partial charge in [0.15, 0.2) is 0 Å². The molecule has 0 radical (unpaired) electrons. The first-order chi connectivity index (χ1) is 13.0. The highest BCUT2D eigenvalue weighted by Crippen LogP contribution is 2.34. The van der Waals surface area contributed by atoms with E-state index in [0.717, 1.165) is 17.8 Å². The fourth-order valence-electron chi connectivity index (χ4n) is 3.17. The fourth-order valence-corrected chi connectivity index (χ4v) is 3.17. The molecule has 0 fully saturated rings. The number of hydrogen-bond donors (Lipinski definition) is 2. The third-order valence-electron chi connectivity index (χ3n) is 4.50. The Labute approximate surface area is 154 Å². The number of nitrogens with one attached hydrogen (secondary N) is 2. The lowest BCUT2D eigenvalue weighted by molar-refractivity contribution is -0.140. The van der Waals surface area contributed by atoms with E-state index in [0.29, 0.717) is 25.1 Å². The minimum absolute atomic E-state index is 0.175. The molecule has 0 unspecified atom stereocenters. The van der Waals surface area contributed by atoms with Gasteiger partial charge < -0.3 is 19.9 Å². The largest absolute Gasteiger partial charge is 0.469 e. The van der Waals surface area contributed by atoms with Crippen LogP contribution in [0.2, 0.25) is 0 Å². The number of urea groups is 1. The van der Waals surface area contributed by atoms with Crippen LogP contribution in [0.4, 0.5) is 13.6 Å². The third-order valence-corrected chi connectivity index (χ3v) is 4.50. The monoisotopic (exact) mass is 378 g/mol. The van der Waals surface area contributed by atoms with Crippen molar-refractivity contribution in [2.75, 3.05) is 20.2 Å². The van der Waals surface area contributed by atoms with E-state index in [2.05, 4.69) is 20.0 Å². The Hall–Kier alpha value is -2.97. The molecule has 2 heterocycles. The number of H-pyrrole nitrogens is 1. The molecule has 1 aromatic carbocycles. The second-order valence-corrected chi connectivity index (χ2v) is 6.19. The molecule has 0 saturated heterocycles. The number of ether oxygens (including phenoxy) is 1. The number of fused-ring (bicyclic) bond motifs is 1. The number of amides is 2. The van der Waals surface area contributed by atoms with Crippen molar-refractivity contribution in [3.63, 3.8) is 0 Å². The topological polar surface area (TPSA) is 87.3 Å². The van der Waals surface area contributed by atoms with Gasteiger partial charge in [-0.15, -0.1) is 0 Å². The predicted octanol–water partition coefficient (Wildman–Crippen LogP) is 2.30. The highest BCUT2D eigenvalue weighted by molar-refractivity contribution is 5.76. The number of carbonyl (C=O) groups excluding carboxylic acids is 2. The number of carbonyl (C=O) groups is 2. The standard InChI is InChI=1S/C18H20F2N4O3/c1-27-15(25)3-2-7-21-18(26)24-8-6-14-16(23-10-22-14)17(24)12-5-4-11(19)9-13(12)20/h4-5,9-10,17H,2-3,6-8H2,1H3,(H,21,26)(H,22,23)/t17-/m0/s1. The molecule has 1 aliphatic rings. The summed E-state index contributed by atoms with van der Waals surface area (Å²) in [5.41, 5.74) is 1.53. The molecular formula is C18H20F2N4O3. The van der Waals surface area contributed by atoms with Crippen LogP contribution in [0.15, 0.2) is 24.5 Å². The minimum atomic E-state index is -0.763. The molecule has 2 amide bonds. The van der Waals surface area contributed by atoms with Crippen molar-refractivity contribution in [1.29, 1.82) is 0 Å². The van der Waals surface area contributed by atoms with E-state index in [-0.39, 0.29) is 24.5 Å². The summed E-state index contributed by atoms with van der Waals surface area (Å²) in [5.74, 6) is -1.78.